The Morgan fingerprint density at radius 3 is 1.88 bits per heavy atom. The number of carbonyl (C=O) groups excluding carboxylic acids is 1. The van der Waals surface area contributed by atoms with Crippen LogP contribution in [-0.4, -0.2) is 11.1 Å². The van der Waals surface area contributed by atoms with Gasteiger partial charge >= 0.3 is 11.8 Å². The third-order valence-electron chi connectivity index (χ3n) is 4.01. The van der Waals surface area contributed by atoms with Crippen molar-refractivity contribution in [1.82, 2.24) is 0 Å². The van der Waals surface area contributed by atoms with Crippen molar-refractivity contribution in [3.05, 3.63) is 95.6 Å². The lowest BCUT2D eigenvalue weighted by Gasteiger charge is -2.38. The van der Waals surface area contributed by atoms with Gasteiger partial charge in [-0.25, -0.2) is 4.79 Å². The second-order valence-corrected chi connectivity index (χ2v) is 5.49. The number of cyclic esters (lactones) is 1. The van der Waals surface area contributed by atoms with E-state index in [2.05, 4.69) is 0 Å². The number of benzene rings is 3. The first-order chi connectivity index (χ1) is 11.7. The minimum atomic E-state index is -1.39. The normalized spacial score (nSPS) is 15.1. The third kappa shape index (κ3) is 2.12. The fourth-order valence-electron chi connectivity index (χ4n) is 2.88. The van der Waals surface area contributed by atoms with Crippen molar-refractivity contribution in [3.63, 3.8) is 0 Å². The van der Waals surface area contributed by atoms with Crippen LogP contribution in [0.1, 0.15) is 21.5 Å². The molecular weight excluding hydrogens is 304 g/mol. The summed E-state index contributed by atoms with van der Waals surface area (Å²) in [5.41, 5.74) is 1.43. The van der Waals surface area contributed by atoms with E-state index in [0.29, 0.717) is 16.9 Å². The molecule has 0 spiro atoms. The van der Waals surface area contributed by atoms with Gasteiger partial charge < -0.3 is 14.6 Å². The Kier molecular flexibility index (Phi) is 3.24. The van der Waals surface area contributed by atoms with Crippen molar-refractivity contribution in [3.8, 4) is 11.5 Å². The number of hydrogen-bond donors (Lipinski definition) is 1. The molecule has 4 rings (SSSR count). The summed E-state index contributed by atoms with van der Waals surface area (Å²) < 4.78 is 11.9. The van der Waals surface area contributed by atoms with Gasteiger partial charge in [-0.05, 0) is 12.1 Å². The van der Waals surface area contributed by atoms with E-state index in [-0.39, 0.29) is 11.3 Å². The summed E-state index contributed by atoms with van der Waals surface area (Å²) in [5.74, 6) is -1.88. The van der Waals surface area contributed by atoms with Crippen molar-refractivity contribution in [2.24, 2.45) is 0 Å². The summed E-state index contributed by atoms with van der Waals surface area (Å²) in [5, 5.41) is 9.96. The Hall–Kier alpha value is -3.27. The van der Waals surface area contributed by atoms with Crippen molar-refractivity contribution in [2.45, 2.75) is 5.79 Å². The van der Waals surface area contributed by atoms with Crippen molar-refractivity contribution >= 4 is 5.97 Å². The Morgan fingerprint density at radius 1 is 0.708 bits per heavy atom. The van der Waals surface area contributed by atoms with Gasteiger partial charge in [-0.1, -0.05) is 66.7 Å². The SMILES string of the molecule is O=C1OC(c2ccccc2)(c2ccccc2)Oc2cccc(O)c21. The first-order valence-corrected chi connectivity index (χ1v) is 7.56. The molecular formula is C20H14O4. The third-order valence-corrected chi connectivity index (χ3v) is 4.01. The van der Waals surface area contributed by atoms with Crippen LogP contribution in [0.5, 0.6) is 11.5 Å². The molecule has 1 N–H and O–H groups in total. The van der Waals surface area contributed by atoms with Crippen molar-refractivity contribution < 1.29 is 19.4 Å². The molecule has 24 heavy (non-hydrogen) atoms. The van der Waals surface area contributed by atoms with Crippen molar-refractivity contribution in [2.75, 3.05) is 0 Å². The van der Waals surface area contributed by atoms with E-state index < -0.39 is 11.8 Å². The standard InChI is InChI=1S/C20H14O4/c21-16-12-7-13-17-18(16)19(22)24-20(23-17,14-8-3-1-4-9-14)15-10-5-2-6-11-15/h1-13,21H. The Bertz CT molecular complexity index is 849. The molecule has 4 heteroatoms. The number of rotatable bonds is 2. The molecule has 4 nitrogen and oxygen atoms in total. The van der Waals surface area contributed by atoms with Crippen LogP contribution in [0, 0.1) is 0 Å². The molecule has 1 aliphatic rings. The van der Waals surface area contributed by atoms with Crippen LogP contribution in [0.15, 0.2) is 78.9 Å². The fraction of sp³-hybridized carbons (Fsp3) is 0.0500. The van der Waals surface area contributed by atoms with E-state index >= 15 is 0 Å². The summed E-state index contributed by atoms with van der Waals surface area (Å²) in [4.78, 5) is 12.6. The van der Waals surface area contributed by atoms with E-state index in [0.717, 1.165) is 0 Å². The molecule has 0 amide bonds. The highest BCUT2D eigenvalue weighted by atomic mass is 16.7. The molecule has 0 saturated carbocycles. The molecule has 0 aliphatic carbocycles. The Labute approximate surface area is 138 Å². The smallest absolute Gasteiger partial charge is 0.349 e. The Morgan fingerprint density at radius 2 is 1.29 bits per heavy atom. The van der Waals surface area contributed by atoms with Gasteiger partial charge in [0.25, 0.3) is 0 Å². The van der Waals surface area contributed by atoms with Gasteiger partial charge in [-0.2, -0.15) is 0 Å². The highest BCUT2D eigenvalue weighted by Crippen LogP contribution is 2.44. The molecule has 0 bridgehead atoms. The molecule has 0 atom stereocenters. The van der Waals surface area contributed by atoms with Crippen LogP contribution in [0.4, 0.5) is 0 Å². The minimum absolute atomic E-state index is 0.0417. The summed E-state index contributed by atoms with van der Waals surface area (Å²) >= 11 is 0. The van der Waals surface area contributed by atoms with Gasteiger partial charge in [-0.15, -0.1) is 0 Å². The van der Waals surface area contributed by atoms with Gasteiger partial charge in [0.15, 0.2) is 0 Å². The Balaban J connectivity index is 1.95. The van der Waals surface area contributed by atoms with E-state index in [1.165, 1.54) is 6.07 Å². The number of esters is 1. The van der Waals surface area contributed by atoms with Crippen LogP contribution >= 0.6 is 0 Å². The lowest BCUT2D eigenvalue weighted by Crippen LogP contribution is -2.43. The monoisotopic (exact) mass is 318 g/mol. The number of ether oxygens (including phenoxy) is 2. The van der Waals surface area contributed by atoms with Gasteiger partial charge in [0.1, 0.15) is 17.1 Å². The summed E-state index contributed by atoms with van der Waals surface area (Å²) in [7, 11) is 0. The fourth-order valence-corrected chi connectivity index (χ4v) is 2.88. The number of aromatic hydroxyl groups is 1. The molecule has 0 saturated heterocycles. The second kappa shape index (κ2) is 5.42. The van der Waals surface area contributed by atoms with Gasteiger partial charge in [0, 0.05) is 11.1 Å². The zero-order valence-electron chi connectivity index (χ0n) is 12.7. The molecule has 0 aromatic heterocycles. The summed E-state index contributed by atoms with van der Waals surface area (Å²) in [6.45, 7) is 0. The minimum Gasteiger partial charge on any atom is -0.507 e. The van der Waals surface area contributed by atoms with E-state index in [1.807, 2.05) is 60.7 Å². The number of fused-ring (bicyclic) bond motifs is 1. The average molecular weight is 318 g/mol. The maximum absolute atomic E-state index is 12.6. The molecule has 0 fully saturated rings. The first-order valence-electron chi connectivity index (χ1n) is 7.56. The van der Waals surface area contributed by atoms with Crippen molar-refractivity contribution in [1.29, 1.82) is 0 Å². The number of carbonyl (C=O) groups is 1. The van der Waals surface area contributed by atoms with Crippen LogP contribution in [0.3, 0.4) is 0 Å². The maximum Gasteiger partial charge on any atom is 0.349 e. The van der Waals surface area contributed by atoms with Gasteiger partial charge in [0.2, 0.25) is 0 Å². The summed E-state index contributed by atoms with van der Waals surface area (Å²) in [6.07, 6.45) is 0. The van der Waals surface area contributed by atoms with E-state index in [9.17, 15) is 9.90 Å². The van der Waals surface area contributed by atoms with Gasteiger partial charge in [-0.3, -0.25) is 0 Å². The quantitative estimate of drug-likeness (QED) is 0.729. The van der Waals surface area contributed by atoms with Crippen LogP contribution in [0.25, 0.3) is 0 Å². The average Bonchev–Trinajstić information content (AvgIpc) is 2.63. The number of phenolic OH excluding ortho intramolecular Hbond substituents is 1. The molecule has 118 valence electrons. The molecule has 3 aromatic rings. The second-order valence-electron chi connectivity index (χ2n) is 5.49. The maximum atomic E-state index is 12.6. The zero-order chi connectivity index (χ0) is 16.6. The molecule has 1 aliphatic heterocycles. The predicted molar refractivity (Wildman–Crippen MR) is 87.8 cm³/mol. The zero-order valence-corrected chi connectivity index (χ0v) is 12.7. The first kappa shape index (κ1) is 14.3. The van der Waals surface area contributed by atoms with Crippen LogP contribution in [-0.2, 0) is 10.5 Å². The molecule has 0 radical (unpaired) electrons. The summed E-state index contributed by atoms with van der Waals surface area (Å²) in [6, 6.07) is 23.3. The van der Waals surface area contributed by atoms with E-state index in [1.54, 1.807) is 12.1 Å². The van der Waals surface area contributed by atoms with Gasteiger partial charge in [0.05, 0.1) is 0 Å². The lowest BCUT2D eigenvalue weighted by atomic mass is 9.95. The largest absolute Gasteiger partial charge is 0.507 e. The predicted octanol–water partition coefficient (Wildman–Crippen LogP) is 3.84. The molecule has 0 unspecified atom stereocenters. The molecule has 3 aromatic carbocycles. The topological polar surface area (TPSA) is 55.8 Å². The highest BCUT2D eigenvalue weighted by molar-refractivity contribution is 5.96. The van der Waals surface area contributed by atoms with Crippen LogP contribution in [0.2, 0.25) is 0 Å². The number of hydrogen-bond acceptors (Lipinski definition) is 4. The highest BCUT2D eigenvalue weighted by Gasteiger charge is 2.46. The van der Waals surface area contributed by atoms with Crippen LogP contribution < -0.4 is 4.74 Å². The van der Waals surface area contributed by atoms with E-state index in [4.69, 9.17) is 9.47 Å². The molecule has 1 heterocycles. The lowest BCUT2D eigenvalue weighted by molar-refractivity contribution is -0.131. The number of phenols is 1.